The van der Waals surface area contributed by atoms with Crippen molar-refractivity contribution in [2.45, 2.75) is 26.3 Å². The van der Waals surface area contributed by atoms with Gasteiger partial charge in [-0.15, -0.1) is 0 Å². The molecule has 0 saturated heterocycles. The minimum absolute atomic E-state index is 0.0631. The first kappa shape index (κ1) is 17.6. The van der Waals surface area contributed by atoms with Crippen molar-refractivity contribution in [1.82, 2.24) is 10.6 Å². The third-order valence-corrected chi connectivity index (χ3v) is 3.34. The van der Waals surface area contributed by atoms with Crippen LogP contribution < -0.4 is 10.6 Å². The average molecular weight is 340 g/mol. The molecule has 9 heteroatoms. The fourth-order valence-electron chi connectivity index (χ4n) is 2.26. The number of ether oxygens (including phenoxy) is 4. The molecule has 0 radical (unpaired) electrons. The fraction of sp³-hybridized carbons (Fsp3) is 0.533. The molecule has 24 heavy (non-hydrogen) atoms. The lowest BCUT2D eigenvalue weighted by atomic mass is 10.0. The number of carbonyl (C=O) groups is 3. The monoisotopic (exact) mass is 340 g/mol. The number of hydrogen-bond donors (Lipinski definition) is 2. The van der Waals surface area contributed by atoms with E-state index < -0.39 is 24.0 Å². The standard InChI is InChI=1S/C15H20N2O7/c1-3-9-12(14(19)22-4-2)10(17-15(20)16-9)7-24-13(18)11-8-21-5-6-23-11/h8-9H,3-7H2,1-2H3,(H2,16,17,20). The van der Waals surface area contributed by atoms with Crippen LogP contribution in [0.3, 0.4) is 0 Å². The molecule has 132 valence electrons. The lowest BCUT2D eigenvalue weighted by Gasteiger charge is -2.28. The van der Waals surface area contributed by atoms with Crippen LogP contribution in [-0.4, -0.2) is 50.4 Å². The highest BCUT2D eigenvalue weighted by molar-refractivity contribution is 5.95. The molecule has 0 fully saturated rings. The number of rotatable bonds is 6. The van der Waals surface area contributed by atoms with Gasteiger partial charge in [0.15, 0.2) is 0 Å². The van der Waals surface area contributed by atoms with Gasteiger partial charge in [0.2, 0.25) is 5.76 Å². The van der Waals surface area contributed by atoms with Gasteiger partial charge >= 0.3 is 18.0 Å². The molecule has 1 unspecified atom stereocenters. The van der Waals surface area contributed by atoms with Gasteiger partial charge in [0, 0.05) is 0 Å². The fourth-order valence-corrected chi connectivity index (χ4v) is 2.26. The molecule has 0 saturated carbocycles. The lowest BCUT2D eigenvalue weighted by Crippen LogP contribution is -2.51. The van der Waals surface area contributed by atoms with Crippen LogP contribution in [0.1, 0.15) is 20.3 Å². The second-order valence-corrected chi connectivity index (χ2v) is 4.95. The molecule has 2 rings (SSSR count). The van der Waals surface area contributed by atoms with Gasteiger partial charge in [0.05, 0.1) is 23.9 Å². The molecule has 2 amide bonds. The summed E-state index contributed by atoms with van der Waals surface area (Å²) in [6, 6.07) is -0.989. The number of amides is 2. The summed E-state index contributed by atoms with van der Waals surface area (Å²) in [4.78, 5) is 35.8. The molecular formula is C15H20N2O7. The van der Waals surface area contributed by atoms with E-state index in [1.54, 1.807) is 6.92 Å². The number of hydrogen-bond acceptors (Lipinski definition) is 7. The highest BCUT2D eigenvalue weighted by atomic mass is 16.6. The van der Waals surface area contributed by atoms with Crippen molar-refractivity contribution < 1.29 is 33.3 Å². The zero-order valence-corrected chi connectivity index (χ0v) is 13.5. The third kappa shape index (κ3) is 4.18. The molecule has 0 aromatic heterocycles. The maximum absolute atomic E-state index is 12.2. The van der Waals surface area contributed by atoms with Crippen LogP contribution in [0.2, 0.25) is 0 Å². The molecule has 0 aromatic carbocycles. The lowest BCUT2D eigenvalue weighted by molar-refractivity contribution is -0.144. The Morgan fingerprint density at radius 1 is 1.25 bits per heavy atom. The van der Waals surface area contributed by atoms with E-state index in [9.17, 15) is 14.4 Å². The summed E-state index contributed by atoms with van der Waals surface area (Å²) in [6.07, 6.45) is 1.66. The van der Waals surface area contributed by atoms with Gasteiger partial charge in [-0.3, -0.25) is 0 Å². The Bertz CT molecular complexity index is 582. The largest absolute Gasteiger partial charge is 0.493 e. The van der Waals surface area contributed by atoms with Crippen molar-refractivity contribution in [3.8, 4) is 0 Å². The van der Waals surface area contributed by atoms with Gasteiger partial charge in [-0.1, -0.05) is 6.92 Å². The van der Waals surface area contributed by atoms with Crippen LogP contribution in [-0.2, 0) is 28.5 Å². The summed E-state index contributed by atoms with van der Waals surface area (Å²) >= 11 is 0. The maximum Gasteiger partial charge on any atom is 0.377 e. The second kappa shape index (κ2) is 8.23. The van der Waals surface area contributed by atoms with Crippen molar-refractivity contribution in [1.29, 1.82) is 0 Å². The van der Waals surface area contributed by atoms with Crippen molar-refractivity contribution in [3.05, 3.63) is 23.3 Å². The molecular weight excluding hydrogens is 320 g/mol. The Hall–Kier alpha value is -2.71. The van der Waals surface area contributed by atoms with Gasteiger partial charge in [-0.25, -0.2) is 14.4 Å². The van der Waals surface area contributed by atoms with Gasteiger partial charge in [0.1, 0.15) is 26.1 Å². The highest BCUT2D eigenvalue weighted by Crippen LogP contribution is 2.18. The summed E-state index contributed by atoms with van der Waals surface area (Å²) in [5.74, 6) is -1.38. The average Bonchev–Trinajstić information content (AvgIpc) is 2.59. The Morgan fingerprint density at radius 3 is 2.67 bits per heavy atom. The van der Waals surface area contributed by atoms with Crippen LogP contribution >= 0.6 is 0 Å². The van der Waals surface area contributed by atoms with Gasteiger partial charge in [0.25, 0.3) is 0 Å². The SMILES string of the molecule is CCOC(=O)C1=C(COC(=O)C2=COCCO2)NC(=O)NC1CC. The van der Waals surface area contributed by atoms with E-state index >= 15 is 0 Å². The quantitative estimate of drug-likeness (QED) is 0.670. The summed E-state index contributed by atoms with van der Waals surface area (Å²) < 4.78 is 20.2. The topological polar surface area (TPSA) is 112 Å². The van der Waals surface area contributed by atoms with E-state index in [-0.39, 0.29) is 36.8 Å². The minimum atomic E-state index is -0.744. The van der Waals surface area contributed by atoms with Crippen LogP contribution in [0, 0.1) is 0 Å². The van der Waals surface area contributed by atoms with E-state index in [2.05, 4.69) is 10.6 Å². The van der Waals surface area contributed by atoms with Crippen LogP contribution in [0.5, 0.6) is 0 Å². The van der Waals surface area contributed by atoms with Gasteiger partial charge in [-0.05, 0) is 13.3 Å². The predicted octanol–water partition coefficient (Wildman–Crippen LogP) is 0.326. The van der Waals surface area contributed by atoms with Crippen LogP contribution in [0.25, 0.3) is 0 Å². The van der Waals surface area contributed by atoms with Crippen molar-refractivity contribution in [2.24, 2.45) is 0 Å². The summed E-state index contributed by atoms with van der Waals surface area (Å²) in [7, 11) is 0. The minimum Gasteiger partial charge on any atom is -0.493 e. The zero-order chi connectivity index (χ0) is 17.5. The number of carbonyl (C=O) groups excluding carboxylic acids is 3. The number of esters is 2. The Kier molecular flexibility index (Phi) is 6.05. The van der Waals surface area contributed by atoms with E-state index in [1.165, 1.54) is 6.26 Å². The first-order valence-corrected chi connectivity index (χ1v) is 7.66. The molecule has 2 heterocycles. The molecule has 2 N–H and O–H groups in total. The van der Waals surface area contributed by atoms with Crippen LogP contribution in [0.4, 0.5) is 4.79 Å². The molecule has 0 aromatic rings. The van der Waals surface area contributed by atoms with E-state index in [1.807, 2.05) is 6.92 Å². The number of nitrogens with one attached hydrogen (secondary N) is 2. The Balaban J connectivity index is 2.14. The van der Waals surface area contributed by atoms with Crippen molar-refractivity contribution in [3.63, 3.8) is 0 Å². The first-order chi connectivity index (χ1) is 11.6. The molecule has 0 spiro atoms. The maximum atomic E-state index is 12.2. The normalized spacial score (nSPS) is 20.0. The molecule has 0 bridgehead atoms. The summed E-state index contributed by atoms with van der Waals surface area (Å²) in [5, 5.41) is 5.12. The Labute approximate surface area is 138 Å². The smallest absolute Gasteiger partial charge is 0.377 e. The Morgan fingerprint density at radius 2 is 2.04 bits per heavy atom. The first-order valence-electron chi connectivity index (χ1n) is 7.66. The van der Waals surface area contributed by atoms with Crippen molar-refractivity contribution >= 4 is 18.0 Å². The molecule has 9 nitrogen and oxygen atoms in total. The van der Waals surface area contributed by atoms with Gasteiger partial charge in [-0.2, -0.15) is 0 Å². The second-order valence-electron chi connectivity index (χ2n) is 4.95. The molecule has 1 atom stereocenters. The highest BCUT2D eigenvalue weighted by Gasteiger charge is 2.32. The summed E-state index contributed by atoms with van der Waals surface area (Å²) in [6.45, 7) is 4.00. The van der Waals surface area contributed by atoms with E-state index in [0.717, 1.165) is 0 Å². The molecule has 0 aliphatic carbocycles. The molecule has 2 aliphatic heterocycles. The predicted molar refractivity (Wildman–Crippen MR) is 80.4 cm³/mol. The van der Waals surface area contributed by atoms with E-state index in [4.69, 9.17) is 18.9 Å². The van der Waals surface area contributed by atoms with Crippen molar-refractivity contribution in [2.75, 3.05) is 26.4 Å². The number of urea groups is 1. The summed E-state index contributed by atoms with van der Waals surface area (Å²) in [5.41, 5.74) is 0.427. The van der Waals surface area contributed by atoms with E-state index in [0.29, 0.717) is 13.0 Å². The zero-order valence-electron chi connectivity index (χ0n) is 13.5. The third-order valence-electron chi connectivity index (χ3n) is 3.34. The van der Waals surface area contributed by atoms with Gasteiger partial charge < -0.3 is 29.6 Å². The molecule has 2 aliphatic rings. The van der Waals surface area contributed by atoms with Crippen LogP contribution in [0.15, 0.2) is 23.3 Å².